The minimum Gasteiger partial charge on any atom is -0.390 e. The summed E-state index contributed by atoms with van der Waals surface area (Å²) in [6, 6.07) is 9.81. The number of Topliss-reactive ketones (excluding diaryl/α,β-unsaturated/α-hetero) is 2. The lowest BCUT2D eigenvalue weighted by Gasteiger charge is -2.22. The molecule has 0 aliphatic heterocycles. The van der Waals surface area contributed by atoms with E-state index < -0.39 is 0 Å². The second-order valence-electron chi connectivity index (χ2n) is 6.03. The Morgan fingerprint density at radius 1 is 1.14 bits per heavy atom. The Morgan fingerprint density at radius 2 is 1.77 bits per heavy atom. The van der Waals surface area contributed by atoms with E-state index in [-0.39, 0.29) is 17.5 Å². The smallest absolute Gasteiger partial charge is 0.168 e. The summed E-state index contributed by atoms with van der Waals surface area (Å²) in [6.45, 7) is 1.75. The molecule has 0 radical (unpaired) electrons. The highest BCUT2D eigenvalue weighted by Gasteiger charge is 2.31. The van der Waals surface area contributed by atoms with Crippen LogP contribution in [0.5, 0.6) is 0 Å². The average molecular weight is 300 g/mol. The number of allylic oxidation sites excluding steroid dienone is 1. The Labute approximate surface area is 132 Å². The molecule has 1 aliphatic rings. The van der Waals surface area contributed by atoms with Gasteiger partial charge in [0.1, 0.15) is 0 Å². The molecule has 0 bridgehead atoms. The lowest BCUT2D eigenvalue weighted by atomic mass is 9.80. The van der Waals surface area contributed by atoms with E-state index in [1.54, 1.807) is 6.20 Å². The van der Waals surface area contributed by atoms with Gasteiger partial charge >= 0.3 is 0 Å². The molecule has 22 heavy (non-hydrogen) atoms. The van der Waals surface area contributed by atoms with E-state index in [0.717, 1.165) is 25.1 Å². The molecule has 2 rings (SSSR count). The number of nitrogens with one attached hydrogen (secondary N) is 1. The SMILES string of the molecule is CN(C)CCCNC=C1C(=O)CC(c2ccccc2)CC1=O. The molecule has 0 spiro atoms. The largest absolute Gasteiger partial charge is 0.390 e. The third-order valence-electron chi connectivity index (χ3n) is 3.91. The fourth-order valence-corrected chi connectivity index (χ4v) is 2.69. The van der Waals surface area contributed by atoms with Crippen LogP contribution in [0.2, 0.25) is 0 Å². The van der Waals surface area contributed by atoms with E-state index in [1.807, 2.05) is 44.4 Å². The third-order valence-corrected chi connectivity index (χ3v) is 3.91. The summed E-state index contributed by atoms with van der Waals surface area (Å²) >= 11 is 0. The molecule has 0 heterocycles. The van der Waals surface area contributed by atoms with Crippen LogP contribution in [0.4, 0.5) is 0 Å². The molecule has 4 heteroatoms. The summed E-state index contributed by atoms with van der Waals surface area (Å²) in [6.07, 6.45) is 3.43. The van der Waals surface area contributed by atoms with Crippen LogP contribution in [0.15, 0.2) is 42.1 Å². The zero-order valence-corrected chi connectivity index (χ0v) is 13.3. The average Bonchev–Trinajstić information content (AvgIpc) is 2.49. The first-order chi connectivity index (χ1) is 10.6. The van der Waals surface area contributed by atoms with Gasteiger partial charge in [0.05, 0.1) is 5.57 Å². The number of ketones is 2. The van der Waals surface area contributed by atoms with Crippen LogP contribution in [0.3, 0.4) is 0 Å². The minimum atomic E-state index is -0.0507. The Balaban J connectivity index is 1.91. The first-order valence-electron chi connectivity index (χ1n) is 7.77. The molecule has 1 aliphatic carbocycles. The Morgan fingerprint density at radius 3 is 2.36 bits per heavy atom. The van der Waals surface area contributed by atoms with Gasteiger partial charge in [-0.25, -0.2) is 0 Å². The maximum atomic E-state index is 12.2. The first-order valence-corrected chi connectivity index (χ1v) is 7.77. The zero-order chi connectivity index (χ0) is 15.9. The number of nitrogens with zero attached hydrogens (tertiary/aromatic N) is 1. The van der Waals surface area contributed by atoms with Crippen LogP contribution in [-0.2, 0) is 9.59 Å². The molecule has 1 fully saturated rings. The van der Waals surface area contributed by atoms with E-state index in [4.69, 9.17) is 0 Å². The van der Waals surface area contributed by atoms with Crippen molar-refractivity contribution in [3.05, 3.63) is 47.7 Å². The topological polar surface area (TPSA) is 49.4 Å². The number of carbonyl (C=O) groups excluding carboxylic acids is 2. The van der Waals surface area contributed by atoms with Gasteiger partial charge in [-0.15, -0.1) is 0 Å². The van der Waals surface area contributed by atoms with Crippen LogP contribution in [-0.4, -0.2) is 43.7 Å². The van der Waals surface area contributed by atoms with Crippen molar-refractivity contribution in [2.24, 2.45) is 0 Å². The highest BCUT2D eigenvalue weighted by atomic mass is 16.1. The number of rotatable bonds is 6. The monoisotopic (exact) mass is 300 g/mol. The van der Waals surface area contributed by atoms with Crippen LogP contribution in [0.1, 0.15) is 30.7 Å². The lowest BCUT2D eigenvalue weighted by Crippen LogP contribution is -2.27. The third kappa shape index (κ3) is 4.53. The molecule has 1 aromatic carbocycles. The fourth-order valence-electron chi connectivity index (χ4n) is 2.69. The minimum absolute atomic E-state index is 0.0205. The molecule has 1 saturated carbocycles. The summed E-state index contributed by atoms with van der Waals surface area (Å²) in [5, 5.41) is 3.10. The van der Waals surface area contributed by atoms with Crippen LogP contribution >= 0.6 is 0 Å². The predicted molar refractivity (Wildman–Crippen MR) is 87.7 cm³/mol. The Bertz CT molecular complexity index is 529. The molecule has 118 valence electrons. The van der Waals surface area contributed by atoms with E-state index >= 15 is 0 Å². The van der Waals surface area contributed by atoms with Crippen molar-refractivity contribution in [3.8, 4) is 0 Å². The quantitative estimate of drug-likeness (QED) is 0.497. The predicted octanol–water partition coefficient (Wildman–Crippen LogP) is 2.13. The first kappa shape index (κ1) is 16.4. The molecule has 0 aromatic heterocycles. The molecule has 1 N–H and O–H groups in total. The number of benzene rings is 1. The molecule has 0 atom stereocenters. The molecule has 4 nitrogen and oxygen atoms in total. The van der Waals surface area contributed by atoms with Crippen LogP contribution in [0, 0.1) is 0 Å². The molecule has 0 amide bonds. The molecule has 1 aromatic rings. The van der Waals surface area contributed by atoms with Gasteiger partial charge in [0.15, 0.2) is 11.6 Å². The Hall–Kier alpha value is -1.94. The van der Waals surface area contributed by atoms with E-state index in [9.17, 15) is 9.59 Å². The van der Waals surface area contributed by atoms with Crippen molar-refractivity contribution in [1.29, 1.82) is 0 Å². The summed E-state index contributed by atoms with van der Waals surface area (Å²) in [7, 11) is 4.05. The standard InChI is InChI=1S/C18H24N2O2/c1-20(2)10-6-9-19-13-16-17(21)11-15(12-18(16)22)14-7-4-3-5-8-14/h3-5,7-8,13,15,19H,6,9-12H2,1-2H3. The van der Waals surface area contributed by atoms with Crippen molar-refractivity contribution in [1.82, 2.24) is 10.2 Å². The van der Waals surface area contributed by atoms with Gasteiger partial charge in [-0.3, -0.25) is 9.59 Å². The van der Waals surface area contributed by atoms with Crippen LogP contribution < -0.4 is 5.32 Å². The molecule has 0 unspecified atom stereocenters. The van der Waals surface area contributed by atoms with Gasteiger partial charge in [0.25, 0.3) is 0 Å². The normalized spacial score (nSPS) is 18.7. The molecular weight excluding hydrogens is 276 g/mol. The molecule has 0 saturated heterocycles. The number of hydrogen-bond donors (Lipinski definition) is 1. The van der Waals surface area contributed by atoms with Gasteiger partial charge in [0, 0.05) is 25.6 Å². The number of hydrogen-bond acceptors (Lipinski definition) is 4. The van der Waals surface area contributed by atoms with Gasteiger partial charge in [0.2, 0.25) is 0 Å². The van der Waals surface area contributed by atoms with Crippen molar-refractivity contribution in [3.63, 3.8) is 0 Å². The zero-order valence-electron chi connectivity index (χ0n) is 13.3. The molecular formula is C18H24N2O2. The second kappa shape index (κ2) is 7.90. The number of carbonyl (C=O) groups is 2. The van der Waals surface area contributed by atoms with Crippen molar-refractivity contribution in [2.45, 2.75) is 25.2 Å². The van der Waals surface area contributed by atoms with E-state index in [0.29, 0.717) is 18.4 Å². The van der Waals surface area contributed by atoms with Gasteiger partial charge in [-0.2, -0.15) is 0 Å². The lowest BCUT2D eigenvalue weighted by molar-refractivity contribution is -0.124. The fraction of sp³-hybridized carbons (Fsp3) is 0.444. The van der Waals surface area contributed by atoms with E-state index in [1.165, 1.54) is 0 Å². The maximum Gasteiger partial charge on any atom is 0.168 e. The highest BCUT2D eigenvalue weighted by molar-refractivity contribution is 6.22. The summed E-state index contributed by atoms with van der Waals surface area (Å²) in [4.78, 5) is 26.6. The van der Waals surface area contributed by atoms with E-state index in [2.05, 4.69) is 10.2 Å². The van der Waals surface area contributed by atoms with Crippen molar-refractivity contribution in [2.75, 3.05) is 27.2 Å². The van der Waals surface area contributed by atoms with Gasteiger partial charge in [-0.1, -0.05) is 30.3 Å². The van der Waals surface area contributed by atoms with Crippen LogP contribution in [0.25, 0.3) is 0 Å². The second-order valence-corrected chi connectivity index (χ2v) is 6.03. The summed E-state index contributed by atoms with van der Waals surface area (Å²) in [5.74, 6) is -0.0810. The van der Waals surface area contributed by atoms with Gasteiger partial charge in [-0.05, 0) is 38.5 Å². The summed E-state index contributed by atoms with van der Waals surface area (Å²) < 4.78 is 0. The van der Waals surface area contributed by atoms with Crippen molar-refractivity contribution >= 4 is 11.6 Å². The Kier molecular flexibility index (Phi) is 5.90. The van der Waals surface area contributed by atoms with Gasteiger partial charge < -0.3 is 10.2 Å². The summed E-state index contributed by atoms with van der Waals surface area (Å²) in [5.41, 5.74) is 1.40. The van der Waals surface area contributed by atoms with Crippen molar-refractivity contribution < 1.29 is 9.59 Å². The highest BCUT2D eigenvalue weighted by Crippen LogP contribution is 2.31. The maximum absolute atomic E-state index is 12.2.